The van der Waals surface area contributed by atoms with Crippen LogP contribution in [0.4, 0.5) is 0 Å². The molecule has 0 heterocycles. The molecule has 0 fully saturated rings. The summed E-state index contributed by atoms with van der Waals surface area (Å²) in [5, 5.41) is 0. The summed E-state index contributed by atoms with van der Waals surface area (Å²) in [6.45, 7) is 16.1. The van der Waals surface area contributed by atoms with Crippen molar-refractivity contribution in [1.82, 2.24) is 9.80 Å². The predicted octanol–water partition coefficient (Wildman–Crippen LogP) is 10.1. The third-order valence-corrected chi connectivity index (χ3v) is 7.84. The molecule has 0 saturated heterocycles. The van der Waals surface area contributed by atoms with Crippen molar-refractivity contribution in [1.29, 1.82) is 0 Å². The molecule has 2 nitrogen and oxygen atoms in total. The van der Waals surface area contributed by atoms with Crippen molar-refractivity contribution in [3.05, 3.63) is 169 Å². The first-order chi connectivity index (χ1) is 19.5. The van der Waals surface area contributed by atoms with Gasteiger partial charge in [0.15, 0.2) is 0 Å². The predicted molar refractivity (Wildman–Crippen MR) is 174 cm³/mol. The second-order valence-electron chi connectivity index (χ2n) is 10.7. The molecule has 0 aliphatic heterocycles. The van der Waals surface area contributed by atoms with Gasteiger partial charge in [-0.15, -0.1) is 0 Å². The van der Waals surface area contributed by atoms with E-state index in [4.69, 9.17) is 0 Å². The molecule has 0 aromatic carbocycles. The van der Waals surface area contributed by atoms with Gasteiger partial charge in [0.05, 0.1) is 6.04 Å². The van der Waals surface area contributed by atoms with E-state index in [2.05, 4.69) is 122 Å². The van der Waals surface area contributed by atoms with E-state index in [-0.39, 0.29) is 0 Å². The van der Waals surface area contributed by atoms with Crippen LogP contribution in [0.3, 0.4) is 0 Å². The lowest BCUT2D eigenvalue weighted by Crippen LogP contribution is -2.33. The summed E-state index contributed by atoms with van der Waals surface area (Å²) < 4.78 is 0. The molecular weight excluding hydrogens is 484 g/mol. The molecule has 0 bridgehead atoms. The van der Waals surface area contributed by atoms with Crippen molar-refractivity contribution < 1.29 is 0 Å². The first-order valence-corrected chi connectivity index (χ1v) is 14.6. The molecule has 206 valence electrons. The largest absolute Gasteiger partial charge is 0.338 e. The van der Waals surface area contributed by atoms with Gasteiger partial charge in [-0.3, -0.25) is 0 Å². The topological polar surface area (TPSA) is 6.48 Å². The summed E-state index contributed by atoms with van der Waals surface area (Å²) in [6, 6.07) is 0.377. The summed E-state index contributed by atoms with van der Waals surface area (Å²) >= 11 is 0. The molecule has 0 amide bonds. The highest BCUT2D eigenvalue weighted by Crippen LogP contribution is 2.36. The molecular formula is C38H44N2. The molecule has 4 aliphatic carbocycles. The summed E-state index contributed by atoms with van der Waals surface area (Å²) in [5.74, 6) is 0.615. The van der Waals surface area contributed by atoms with Gasteiger partial charge in [0.2, 0.25) is 0 Å². The molecule has 4 rings (SSSR count). The molecule has 0 aromatic rings. The van der Waals surface area contributed by atoms with Gasteiger partial charge >= 0.3 is 0 Å². The van der Waals surface area contributed by atoms with Crippen molar-refractivity contribution in [2.75, 3.05) is 0 Å². The fourth-order valence-corrected chi connectivity index (χ4v) is 5.48. The van der Waals surface area contributed by atoms with E-state index >= 15 is 0 Å². The molecule has 2 atom stereocenters. The van der Waals surface area contributed by atoms with Crippen LogP contribution in [0.1, 0.15) is 52.4 Å². The molecule has 0 saturated carbocycles. The maximum Gasteiger partial charge on any atom is 0.0556 e. The number of rotatable bonds is 11. The van der Waals surface area contributed by atoms with Crippen LogP contribution in [0.5, 0.6) is 0 Å². The lowest BCUT2D eigenvalue weighted by atomic mass is 9.88. The van der Waals surface area contributed by atoms with Crippen LogP contribution >= 0.6 is 0 Å². The fraction of sp³-hybridized carbons (Fsp3) is 0.263. The lowest BCUT2D eigenvalue weighted by molar-refractivity contribution is 0.353. The normalized spacial score (nSPS) is 23.1. The van der Waals surface area contributed by atoms with E-state index in [0.29, 0.717) is 12.0 Å². The van der Waals surface area contributed by atoms with E-state index in [1.54, 1.807) is 0 Å². The van der Waals surface area contributed by atoms with Gasteiger partial charge in [-0.25, -0.2) is 0 Å². The minimum absolute atomic E-state index is 0.377. The van der Waals surface area contributed by atoms with E-state index < -0.39 is 0 Å². The van der Waals surface area contributed by atoms with Crippen LogP contribution in [0.25, 0.3) is 0 Å². The highest BCUT2D eigenvalue weighted by Gasteiger charge is 2.25. The summed E-state index contributed by atoms with van der Waals surface area (Å²) in [7, 11) is 0. The Morgan fingerprint density at radius 2 is 1.60 bits per heavy atom. The van der Waals surface area contributed by atoms with Gasteiger partial charge in [-0.2, -0.15) is 0 Å². The van der Waals surface area contributed by atoms with Gasteiger partial charge in [0.25, 0.3) is 0 Å². The molecule has 0 N–H and O–H groups in total. The van der Waals surface area contributed by atoms with Crippen molar-refractivity contribution in [2.24, 2.45) is 5.92 Å². The van der Waals surface area contributed by atoms with Crippen LogP contribution in [0, 0.1) is 5.92 Å². The second-order valence-corrected chi connectivity index (χ2v) is 10.7. The molecule has 40 heavy (non-hydrogen) atoms. The summed E-state index contributed by atoms with van der Waals surface area (Å²) in [6.07, 6.45) is 45.4. The zero-order chi connectivity index (χ0) is 28.3. The van der Waals surface area contributed by atoms with Crippen molar-refractivity contribution in [3.63, 3.8) is 0 Å². The number of hydrogen-bond acceptors (Lipinski definition) is 2. The first-order valence-electron chi connectivity index (χ1n) is 14.6. The summed E-state index contributed by atoms with van der Waals surface area (Å²) in [5.41, 5.74) is 9.03. The molecule has 4 aliphatic rings. The van der Waals surface area contributed by atoms with Gasteiger partial charge < -0.3 is 9.80 Å². The standard InChI is InChI=1S/C38H44N2/c1-6-13-34(8-3)39(29-12-14-30(4)7-2)35-25-19-32(20-26-35)33-21-27-38(28-22-33)40(36-15-10-9-11-16-36)37-23-17-31(5)18-24-37/h6-15,17,19,21,23-25,27,29,31,36H,1-3,16,18,20,22,26,28H2,4-5H3. The maximum atomic E-state index is 4.03. The zero-order valence-corrected chi connectivity index (χ0v) is 24.3. The molecule has 2 unspecified atom stereocenters. The van der Waals surface area contributed by atoms with E-state index in [9.17, 15) is 0 Å². The van der Waals surface area contributed by atoms with Crippen LogP contribution in [0.2, 0.25) is 0 Å². The lowest BCUT2D eigenvalue weighted by Gasteiger charge is -2.37. The molecule has 0 radical (unpaired) electrons. The van der Waals surface area contributed by atoms with Crippen molar-refractivity contribution in [3.8, 4) is 0 Å². The highest BCUT2D eigenvalue weighted by molar-refractivity contribution is 5.45. The SMILES string of the molecule is C=CC=C(C=C)N(C=CC=C(C)C=C)C1=CC=C(C2=CC=C(N(C3=CCC(C)C=C3)C3C=CC=CC3)CC2)CC1. The maximum absolute atomic E-state index is 4.03. The monoisotopic (exact) mass is 528 g/mol. The van der Waals surface area contributed by atoms with Gasteiger partial charge in [-0.1, -0.05) is 99.1 Å². The van der Waals surface area contributed by atoms with E-state index in [0.717, 1.165) is 49.8 Å². The average Bonchev–Trinajstić information content (AvgIpc) is 3.00. The Morgan fingerprint density at radius 1 is 0.850 bits per heavy atom. The van der Waals surface area contributed by atoms with Crippen molar-refractivity contribution in [2.45, 2.75) is 58.4 Å². The Hall–Kier alpha value is -4.04. The molecule has 2 heteroatoms. The van der Waals surface area contributed by atoms with Gasteiger partial charge in [-0.05, 0) is 99.0 Å². The van der Waals surface area contributed by atoms with E-state index in [1.807, 2.05) is 31.2 Å². The Morgan fingerprint density at radius 3 is 2.15 bits per heavy atom. The third kappa shape index (κ3) is 7.33. The quantitative estimate of drug-likeness (QED) is 0.246. The Labute approximate surface area is 242 Å². The van der Waals surface area contributed by atoms with E-state index in [1.165, 1.54) is 28.2 Å². The Balaban J connectivity index is 1.57. The number of nitrogens with zero attached hydrogens (tertiary/aromatic N) is 2. The van der Waals surface area contributed by atoms with Crippen molar-refractivity contribution >= 4 is 0 Å². The van der Waals surface area contributed by atoms with Crippen LogP contribution < -0.4 is 0 Å². The third-order valence-electron chi connectivity index (χ3n) is 7.84. The fourth-order valence-electron chi connectivity index (χ4n) is 5.48. The Kier molecular flexibility index (Phi) is 10.4. The minimum Gasteiger partial charge on any atom is -0.338 e. The average molecular weight is 529 g/mol. The van der Waals surface area contributed by atoms with Crippen LogP contribution in [-0.4, -0.2) is 15.8 Å². The highest BCUT2D eigenvalue weighted by atomic mass is 15.2. The Bertz CT molecular complexity index is 1320. The van der Waals surface area contributed by atoms with Crippen LogP contribution in [-0.2, 0) is 0 Å². The zero-order valence-electron chi connectivity index (χ0n) is 24.3. The second kappa shape index (κ2) is 14.4. The molecule has 0 spiro atoms. The van der Waals surface area contributed by atoms with Crippen LogP contribution in [0.15, 0.2) is 169 Å². The minimum atomic E-state index is 0.377. The number of allylic oxidation sites excluding steroid dienone is 20. The van der Waals surface area contributed by atoms with Gasteiger partial charge in [0, 0.05) is 29.0 Å². The first kappa shape index (κ1) is 29.0. The number of hydrogen-bond donors (Lipinski definition) is 0. The smallest absolute Gasteiger partial charge is 0.0556 e. The van der Waals surface area contributed by atoms with Gasteiger partial charge in [0.1, 0.15) is 0 Å². The molecule has 0 aromatic heterocycles. The summed E-state index contributed by atoms with van der Waals surface area (Å²) in [4.78, 5) is 4.77.